The number of ether oxygens (including phenoxy) is 1. The Kier molecular flexibility index (Phi) is 7.21. The lowest BCUT2D eigenvalue weighted by Gasteiger charge is -2.10. The molecule has 0 saturated carbocycles. The molecule has 0 aliphatic rings. The summed E-state index contributed by atoms with van der Waals surface area (Å²) in [5.41, 5.74) is 2.70. The molecule has 0 aliphatic heterocycles. The number of aromatic nitrogens is 1. The highest BCUT2D eigenvalue weighted by atomic mass is 79.9. The number of nitrogens with zero attached hydrogens (tertiary/aromatic N) is 3. The lowest BCUT2D eigenvalue weighted by Crippen LogP contribution is -2.18. The number of nitrogens with one attached hydrogen (secondary N) is 1. The second-order valence-electron chi connectivity index (χ2n) is 5.95. The Labute approximate surface area is 192 Å². The normalized spacial score (nSPS) is 10.6. The molecule has 0 bridgehead atoms. The first-order valence-electron chi connectivity index (χ1n) is 8.54. The first-order chi connectivity index (χ1) is 14.8. The molecular weight excluding hydrogens is 536 g/mol. The maximum atomic E-state index is 12.4. The van der Waals surface area contributed by atoms with E-state index in [4.69, 9.17) is 4.74 Å². The Morgan fingerprint density at radius 2 is 1.84 bits per heavy atom. The molecule has 1 N–H and O–H groups in total. The van der Waals surface area contributed by atoms with Gasteiger partial charge in [-0.05, 0) is 50.1 Å². The van der Waals surface area contributed by atoms with Gasteiger partial charge in [-0.25, -0.2) is 10.2 Å². The molecule has 156 valence electrons. The molecule has 31 heavy (non-hydrogen) atoms. The zero-order chi connectivity index (χ0) is 22.4. The molecule has 11 heteroatoms. The van der Waals surface area contributed by atoms with Gasteiger partial charge in [0.25, 0.3) is 11.6 Å². The zero-order valence-corrected chi connectivity index (χ0v) is 18.7. The third-order valence-electron chi connectivity index (χ3n) is 3.81. The highest BCUT2D eigenvalue weighted by molar-refractivity contribution is 9.10. The van der Waals surface area contributed by atoms with Crippen LogP contribution in [-0.2, 0) is 0 Å². The maximum absolute atomic E-state index is 12.4. The molecule has 3 aromatic rings. The fraction of sp³-hybridized carbons (Fsp3) is 0. The van der Waals surface area contributed by atoms with Crippen molar-refractivity contribution < 1.29 is 19.2 Å². The Morgan fingerprint density at radius 1 is 1.10 bits per heavy atom. The van der Waals surface area contributed by atoms with Crippen LogP contribution < -0.4 is 10.2 Å². The van der Waals surface area contributed by atoms with Crippen molar-refractivity contribution in [1.82, 2.24) is 10.4 Å². The summed E-state index contributed by atoms with van der Waals surface area (Å²) >= 11 is 6.41. The minimum absolute atomic E-state index is 0.0153. The average Bonchev–Trinajstić information content (AvgIpc) is 2.76. The van der Waals surface area contributed by atoms with E-state index in [9.17, 15) is 19.7 Å². The van der Waals surface area contributed by atoms with Gasteiger partial charge in [-0.1, -0.05) is 18.2 Å². The Hall–Kier alpha value is -3.44. The Balaban J connectivity index is 1.88. The van der Waals surface area contributed by atoms with Gasteiger partial charge in [0.1, 0.15) is 0 Å². The van der Waals surface area contributed by atoms with Crippen molar-refractivity contribution in [3.05, 3.63) is 96.7 Å². The highest BCUT2D eigenvalue weighted by Gasteiger charge is 2.19. The summed E-state index contributed by atoms with van der Waals surface area (Å²) in [5.74, 6) is -1.19. The van der Waals surface area contributed by atoms with E-state index in [2.05, 4.69) is 47.4 Å². The molecular formula is C20H12Br2N4O5. The molecule has 0 spiro atoms. The third-order valence-corrected chi connectivity index (χ3v) is 4.83. The van der Waals surface area contributed by atoms with E-state index in [1.165, 1.54) is 24.5 Å². The van der Waals surface area contributed by atoms with Crippen molar-refractivity contribution in [3.8, 4) is 5.75 Å². The third kappa shape index (κ3) is 5.80. The second-order valence-corrected chi connectivity index (χ2v) is 7.72. The van der Waals surface area contributed by atoms with Gasteiger partial charge in [0.05, 0.1) is 26.7 Å². The van der Waals surface area contributed by atoms with Gasteiger partial charge in [0.15, 0.2) is 5.75 Å². The second kappa shape index (κ2) is 10.0. The number of non-ortho nitro benzene ring substituents is 1. The molecule has 0 fully saturated rings. The van der Waals surface area contributed by atoms with E-state index < -0.39 is 16.8 Å². The van der Waals surface area contributed by atoms with Crippen LogP contribution in [0.1, 0.15) is 26.3 Å². The number of benzene rings is 2. The number of rotatable bonds is 6. The monoisotopic (exact) mass is 546 g/mol. The average molecular weight is 548 g/mol. The van der Waals surface area contributed by atoms with E-state index in [0.717, 1.165) is 6.21 Å². The highest BCUT2D eigenvalue weighted by Crippen LogP contribution is 2.33. The fourth-order valence-corrected chi connectivity index (χ4v) is 3.30. The molecule has 0 saturated heterocycles. The van der Waals surface area contributed by atoms with Gasteiger partial charge < -0.3 is 4.74 Å². The lowest BCUT2D eigenvalue weighted by atomic mass is 10.2. The van der Waals surface area contributed by atoms with Crippen LogP contribution in [0.4, 0.5) is 5.69 Å². The van der Waals surface area contributed by atoms with Crippen molar-refractivity contribution in [2.45, 2.75) is 0 Å². The van der Waals surface area contributed by atoms with Gasteiger partial charge in [-0.2, -0.15) is 5.10 Å². The minimum atomic E-state index is -0.658. The Morgan fingerprint density at radius 3 is 2.52 bits per heavy atom. The quantitative estimate of drug-likeness (QED) is 0.159. The van der Waals surface area contributed by atoms with E-state index in [1.807, 2.05) is 0 Å². The number of hydrazone groups is 1. The summed E-state index contributed by atoms with van der Waals surface area (Å²) in [6.07, 6.45) is 4.02. The molecule has 1 aromatic heterocycles. The van der Waals surface area contributed by atoms with Gasteiger partial charge in [-0.3, -0.25) is 19.9 Å². The van der Waals surface area contributed by atoms with E-state index in [1.54, 1.807) is 36.4 Å². The summed E-state index contributed by atoms with van der Waals surface area (Å²) in [6, 6.07) is 12.2. The number of halogens is 2. The van der Waals surface area contributed by atoms with Gasteiger partial charge in [0, 0.05) is 34.6 Å². The predicted molar refractivity (Wildman–Crippen MR) is 119 cm³/mol. The number of nitro groups is 1. The van der Waals surface area contributed by atoms with Gasteiger partial charge >= 0.3 is 5.97 Å². The zero-order valence-electron chi connectivity index (χ0n) is 15.5. The van der Waals surface area contributed by atoms with E-state index in [-0.39, 0.29) is 27.0 Å². The topological polar surface area (TPSA) is 124 Å². The van der Waals surface area contributed by atoms with E-state index in [0.29, 0.717) is 10.0 Å². The molecule has 0 atom stereocenters. The molecule has 2 aromatic carbocycles. The summed E-state index contributed by atoms with van der Waals surface area (Å²) in [6.45, 7) is 0. The SMILES string of the molecule is O=C(N/N=C\c1cc([N+](=O)[O-])cc(Br)c1OC(=O)c1ccccc1)c1cncc(Br)c1. The van der Waals surface area contributed by atoms with Crippen LogP contribution in [0.2, 0.25) is 0 Å². The van der Waals surface area contributed by atoms with Crippen LogP contribution in [0, 0.1) is 10.1 Å². The van der Waals surface area contributed by atoms with Crippen molar-refractivity contribution in [1.29, 1.82) is 0 Å². The van der Waals surface area contributed by atoms with Crippen LogP contribution in [0.15, 0.2) is 75.0 Å². The van der Waals surface area contributed by atoms with Crippen molar-refractivity contribution >= 4 is 55.6 Å². The number of nitro benzene ring substituents is 1. The molecule has 1 heterocycles. The smallest absolute Gasteiger partial charge is 0.343 e. The molecule has 3 rings (SSSR count). The summed E-state index contributed by atoms with van der Waals surface area (Å²) in [7, 11) is 0. The summed E-state index contributed by atoms with van der Waals surface area (Å²) < 4.78 is 6.22. The summed E-state index contributed by atoms with van der Waals surface area (Å²) in [4.78, 5) is 39.1. The van der Waals surface area contributed by atoms with Crippen molar-refractivity contribution in [3.63, 3.8) is 0 Å². The minimum Gasteiger partial charge on any atom is -0.421 e. The maximum Gasteiger partial charge on any atom is 0.343 e. The van der Waals surface area contributed by atoms with Crippen LogP contribution in [0.25, 0.3) is 0 Å². The number of hydrogen-bond donors (Lipinski definition) is 1. The van der Waals surface area contributed by atoms with Crippen LogP contribution >= 0.6 is 31.9 Å². The van der Waals surface area contributed by atoms with Crippen molar-refractivity contribution in [2.75, 3.05) is 0 Å². The molecule has 0 unspecified atom stereocenters. The van der Waals surface area contributed by atoms with Gasteiger partial charge in [0.2, 0.25) is 0 Å². The first-order valence-corrected chi connectivity index (χ1v) is 10.1. The number of esters is 1. The van der Waals surface area contributed by atoms with E-state index >= 15 is 0 Å². The molecule has 9 nitrogen and oxygen atoms in total. The van der Waals surface area contributed by atoms with Gasteiger partial charge in [-0.15, -0.1) is 0 Å². The summed E-state index contributed by atoms with van der Waals surface area (Å²) in [5, 5.41) is 15.0. The van der Waals surface area contributed by atoms with Crippen molar-refractivity contribution in [2.24, 2.45) is 5.10 Å². The number of carbonyl (C=O) groups is 2. The predicted octanol–water partition coefficient (Wildman–Crippen LogP) is 4.50. The number of amides is 1. The molecule has 0 radical (unpaired) electrons. The first kappa shape index (κ1) is 22.2. The number of pyridine rings is 1. The Bertz CT molecular complexity index is 1190. The number of hydrogen-bond acceptors (Lipinski definition) is 7. The standard InChI is InChI=1S/C20H12Br2N4O5/c21-15-6-14(9-23-11-15)19(27)25-24-10-13-7-16(26(29)30)8-17(22)18(13)31-20(28)12-4-2-1-3-5-12/h1-11H,(H,25,27)/b24-10-. The van der Waals surface area contributed by atoms with Crippen LogP contribution in [-0.4, -0.2) is 28.0 Å². The molecule has 0 aliphatic carbocycles. The van der Waals surface area contributed by atoms with Crippen LogP contribution in [0.5, 0.6) is 5.75 Å². The largest absolute Gasteiger partial charge is 0.421 e. The number of carbonyl (C=O) groups excluding carboxylic acids is 2. The molecule has 1 amide bonds. The fourth-order valence-electron chi connectivity index (χ4n) is 2.40. The van der Waals surface area contributed by atoms with Crippen LogP contribution in [0.3, 0.4) is 0 Å². The lowest BCUT2D eigenvalue weighted by molar-refractivity contribution is -0.385.